The average molecular weight is 471 g/mol. The Labute approximate surface area is 185 Å². The Balaban J connectivity index is 1.50. The standard InChI is InChI=1S/C18H16Cl2N4O3S2/c1-9-5-15(24-27-9)22-17(26)10(2)28-8-16(25)23-18-21-14(7-29-18)12-4-3-11(19)6-13(12)20/h3-7,10H,8H2,1-2H3,(H,21,23,25)(H,22,24,26). The number of amides is 2. The predicted octanol–water partition coefficient (Wildman–Crippen LogP) is 5.11. The third kappa shape index (κ3) is 5.96. The molecule has 1 unspecified atom stereocenters. The van der Waals surface area contributed by atoms with Crippen molar-refractivity contribution in [2.24, 2.45) is 0 Å². The molecule has 2 amide bonds. The molecule has 0 aliphatic heterocycles. The van der Waals surface area contributed by atoms with Gasteiger partial charge in [-0.25, -0.2) is 4.98 Å². The van der Waals surface area contributed by atoms with E-state index in [2.05, 4.69) is 20.8 Å². The minimum Gasteiger partial charge on any atom is -0.360 e. The summed E-state index contributed by atoms with van der Waals surface area (Å²) < 4.78 is 4.90. The second kappa shape index (κ2) is 9.62. The third-order valence-electron chi connectivity index (χ3n) is 3.67. The van der Waals surface area contributed by atoms with Crippen LogP contribution in [0.2, 0.25) is 10.0 Å². The van der Waals surface area contributed by atoms with Crippen LogP contribution in [0.1, 0.15) is 12.7 Å². The van der Waals surface area contributed by atoms with Gasteiger partial charge in [0, 0.05) is 22.0 Å². The summed E-state index contributed by atoms with van der Waals surface area (Å²) in [4.78, 5) is 28.7. The zero-order chi connectivity index (χ0) is 21.0. The number of halogens is 2. The summed E-state index contributed by atoms with van der Waals surface area (Å²) in [6, 6.07) is 6.76. The number of carbonyl (C=O) groups excluding carboxylic acids is 2. The number of carbonyl (C=O) groups is 2. The van der Waals surface area contributed by atoms with Gasteiger partial charge in [0.25, 0.3) is 0 Å². The number of benzene rings is 1. The Morgan fingerprint density at radius 2 is 2.07 bits per heavy atom. The molecule has 29 heavy (non-hydrogen) atoms. The van der Waals surface area contributed by atoms with Gasteiger partial charge in [-0.1, -0.05) is 28.4 Å². The normalized spacial score (nSPS) is 11.9. The molecule has 11 heteroatoms. The van der Waals surface area contributed by atoms with E-state index in [1.165, 1.54) is 23.1 Å². The number of thiazole rings is 1. The number of hydrogen-bond donors (Lipinski definition) is 2. The highest BCUT2D eigenvalue weighted by Crippen LogP contribution is 2.32. The highest BCUT2D eigenvalue weighted by atomic mass is 35.5. The fraction of sp³-hybridized carbons (Fsp3) is 0.222. The van der Waals surface area contributed by atoms with Gasteiger partial charge in [-0.05, 0) is 32.0 Å². The zero-order valence-electron chi connectivity index (χ0n) is 15.4. The number of anilines is 2. The lowest BCUT2D eigenvalue weighted by atomic mass is 10.2. The summed E-state index contributed by atoms with van der Waals surface area (Å²) in [6.45, 7) is 3.44. The van der Waals surface area contributed by atoms with E-state index < -0.39 is 5.25 Å². The van der Waals surface area contributed by atoms with E-state index in [1.807, 2.05) is 0 Å². The topological polar surface area (TPSA) is 97.1 Å². The fourth-order valence-electron chi connectivity index (χ4n) is 2.24. The number of aryl methyl sites for hydroxylation is 1. The maximum Gasteiger partial charge on any atom is 0.238 e. The van der Waals surface area contributed by atoms with E-state index in [0.717, 1.165) is 5.56 Å². The van der Waals surface area contributed by atoms with Crippen molar-refractivity contribution in [3.8, 4) is 11.3 Å². The van der Waals surface area contributed by atoms with Crippen molar-refractivity contribution in [3.63, 3.8) is 0 Å². The van der Waals surface area contributed by atoms with E-state index >= 15 is 0 Å². The molecule has 0 saturated heterocycles. The molecule has 1 aromatic carbocycles. The van der Waals surface area contributed by atoms with Crippen LogP contribution in [0.3, 0.4) is 0 Å². The van der Waals surface area contributed by atoms with Gasteiger partial charge in [0.2, 0.25) is 11.8 Å². The molecule has 7 nitrogen and oxygen atoms in total. The van der Waals surface area contributed by atoms with Gasteiger partial charge in [-0.3, -0.25) is 9.59 Å². The monoisotopic (exact) mass is 470 g/mol. The minimum absolute atomic E-state index is 0.100. The van der Waals surface area contributed by atoms with Crippen LogP contribution < -0.4 is 10.6 Å². The first-order valence-corrected chi connectivity index (χ1v) is 11.1. The molecule has 0 radical (unpaired) electrons. The zero-order valence-corrected chi connectivity index (χ0v) is 18.5. The first-order valence-electron chi connectivity index (χ1n) is 8.38. The average Bonchev–Trinajstić information content (AvgIpc) is 3.28. The molecule has 1 atom stereocenters. The molecular formula is C18H16Cl2N4O3S2. The van der Waals surface area contributed by atoms with Gasteiger partial charge in [-0.2, -0.15) is 0 Å². The maximum atomic E-state index is 12.2. The summed E-state index contributed by atoms with van der Waals surface area (Å²) in [7, 11) is 0. The number of aromatic nitrogens is 2. The molecule has 0 saturated carbocycles. The van der Waals surface area contributed by atoms with Crippen LogP contribution in [0.5, 0.6) is 0 Å². The maximum absolute atomic E-state index is 12.2. The van der Waals surface area contributed by atoms with Crippen LogP contribution in [-0.4, -0.2) is 33.0 Å². The van der Waals surface area contributed by atoms with Crippen molar-refractivity contribution < 1.29 is 14.1 Å². The van der Waals surface area contributed by atoms with Crippen molar-refractivity contribution in [2.45, 2.75) is 19.1 Å². The number of hydrogen-bond acceptors (Lipinski definition) is 7. The van der Waals surface area contributed by atoms with E-state index in [0.29, 0.717) is 32.4 Å². The summed E-state index contributed by atoms with van der Waals surface area (Å²) in [6.07, 6.45) is 0. The lowest BCUT2D eigenvalue weighted by molar-refractivity contribution is -0.115. The Hall–Kier alpha value is -2.07. The Kier molecular flexibility index (Phi) is 7.18. The highest BCUT2D eigenvalue weighted by molar-refractivity contribution is 8.01. The van der Waals surface area contributed by atoms with Crippen molar-refractivity contribution in [2.75, 3.05) is 16.4 Å². The van der Waals surface area contributed by atoms with Crippen LogP contribution in [0.25, 0.3) is 11.3 Å². The molecule has 2 heterocycles. The number of rotatable bonds is 7. The Morgan fingerprint density at radius 1 is 1.28 bits per heavy atom. The van der Waals surface area contributed by atoms with Gasteiger partial charge < -0.3 is 15.2 Å². The van der Waals surface area contributed by atoms with Gasteiger partial charge in [0.05, 0.1) is 21.7 Å². The predicted molar refractivity (Wildman–Crippen MR) is 118 cm³/mol. The summed E-state index contributed by atoms with van der Waals surface area (Å²) >= 11 is 14.6. The molecule has 2 aromatic heterocycles. The van der Waals surface area contributed by atoms with Gasteiger partial charge in [-0.15, -0.1) is 23.1 Å². The van der Waals surface area contributed by atoms with E-state index in [1.54, 1.807) is 43.5 Å². The summed E-state index contributed by atoms with van der Waals surface area (Å²) in [5.41, 5.74) is 1.38. The second-order valence-corrected chi connectivity index (χ2v) is 9.01. The molecule has 0 spiro atoms. The summed E-state index contributed by atoms with van der Waals surface area (Å²) in [5.74, 6) is 0.534. The minimum atomic E-state index is -0.447. The molecule has 2 N–H and O–H groups in total. The van der Waals surface area contributed by atoms with Crippen molar-refractivity contribution in [1.29, 1.82) is 0 Å². The van der Waals surface area contributed by atoms with E-state index in [4.69, 9.17) is 27.7 Å². The van der Waals surface area contributed by atoms with Gasteiger partial charge >= 0.3 is 0 Å². The van der Waals surface area contributed by atoms with Crippen molar-refractivity contribution in [1.82, 2.24) is 10.1 Å². The quantitative estimate of drug-likeness (QED) is 0.497. The van der Waals surface area contributed by atoms with Crippen LogP contribution in [0.4, 0.5) is 10.9 Å². The lowest BCUT2D eigenvalue weighted by Gasteiger charge is -2.09. The van der Waals surface area contributed by atoms with E-state index in [-0.39, 0.29) is 17.6 Å². The molecular weight excluding hydrogens is 455 g/mol. The third-order valence-corrected chi connectivity index (χ3v) is 6.12. The van der Waals surface area contributed by atoms with Crippen LogP contribution in [0, 0.1) is 6.92 Å². The number of thioether (sulfide) groups is 1. The lowest BCUT2D eigenvalue weighted by Crippen LogP contribution is -2.25. The first kappa shape index (κ1) is 21.6. The Morgan fingerprint density at radius 3 is 2.76 bits per heavy atom. The molecule has 0 fully saturated rings. The molecule has 3 rings (SSSR count). The Bertz CT molecular complexity index is 1040. The second-order valence-electron chi connectivity index (χ2n) is 5.98. The smallest absolute Gasteiger partial charge is 0.238 e. The van der Waals surface area contributed by atoms with Gasteiger partial charge in [0.15, 0.2) is 10.9 Å². The molecule has 0 aliphatic carbocycles. The molecule has 152 valence electrons. The molecule has 0 bridgehead atoms. The summed E-state index contributed by atoms with van der Waals surface area (Å²) in [5, 5.41) is 11.9. The van der Waals surface area contributed by atoms with E-state index in [9.17, 15) is 9.59 Å². The first-order chi connectivity index (χ1) is 13.8. The van der Waals surface area contributed by atoms with Crippen LogP contribution in [-0.2, 0) is 9.59 Å². The highest BCUT2D eigenvalue weighted by Gasteiger charge is 2.17. The van der Waals surface area contributed by atoms with Gasteiger partial charge in [0.1, 0.15) is 5.76 Å². The van der Waals surface area contributed by atoms with Crippen molar-refractivity contribution in [3.05, 3.63) is 45.5 Å². The number of nitrogens with zero attached hydrogens (tertiary/aromatic N) is 2. The van der Waals surface area contributed by atoms with Crippen LogP contribution in [0.15, 0.2) is 34.2 Å². The van der Waals surface area contributed by atoms with Crippen molar-refractivity contribution >= 4 is 69.1 Å². The molecule has 0 aliphatic rings. The largest absolute Gasteiger partial charge is 0.360 e. The molecule has 3 aromatic rings. The van der Waals surface area contributed by atoms with Crippen LogP contribution >= 0.6 is 46.3 Å². The fourth-order valence-corrected chi connectivity index (χ4v) is 4.15. The number of nitrogens with one attached hydrogen (secondary N) is 2. The SMILES string of the molecule is Cc1cc(NC(=O)C(C)SCC(=O)Nc2nc(-c3ccc(Cl)cc3Cl)cs2)no1.